The van der Waals surface area contributed by atoms with Crippen LogP contribution in [-0.2, 0) is 14.3 Å². The first-order valence-corrected chi connectivity index (χ1v) is 6.55. The minimum Gasteiger partial charge on any atom is -0.481 e. The van der Waals surface area contributed by atoms with Crippen molar-refractivity contribution in [3.8, 4) is 0 Å². The van der Waals surface area contributed by atoms with Crippen LogP contribution in [0.3, 0.4) is 0 Å². The quantitative estimate of drug-likeness (QED) is 0.700. The van der Waals surface area contributed by atoms with Crippen LogP contribution < -0.4 is 5.32 Å². The molecule has 0 saturated carbocycles. The van der Waals surface area contributed by atoms with Crippen LogP contribution in [-0.4, -0.2) is 78.8 Å². The van der Waals surface area contributed by atoms with Crippen molar-refractivity contribution in [1.82, 2.24) is 15.1 Å². The second-order valence-corrected chi connectivity index (χ2v) is 4.51. The summed E-state index contributed by atoms with van der Waals surface area (Å²) in [5.41, 5.74) is 0. The molecule has 0 aromatic heterocycles. The van der Waals surface area contributed by atoms with Crippen LogP contribution in [0.1, 0.15) is 13.3 Å². The van der Waals surface area contributed by atoms with Crippen molar-refractivity contribution in [2.45, 2.75) is 19.4 Å². The lowest BCUT2D eigenvalue weighted by Crippen LogP contribution is -2.53. The van der Waals surface area contributed by atoms with Gasteiger partial charge < -0.3 is 25.0 Å². The first-order chi connectivity index (χ1) is 9.47. The Hall–Kier alpha value is -1.83. The molecule has 20 heavy (non-hydrogen) atoms. The third kappa shape index (κ3) is 4.69. The summed E-state index contributed by atoms with van der Waals surface area (Å²) in [6, 6.07) is -0.269. The number of carbonyl (C=O) groups is 3. The molecule has 1 atom stereocenters. The Bertz CT molecular complexity index is 374. The van der Waals surface area contributed by atoms with E-state index in [0.717, 1.165) is 0 Å². The Morgan fingerprint density at radius 2 is 2.15 bits per heavy atom. The van der Waals surface area contributed by atoms with E-state index in [-0.39, 0.29) is 31.4 Å². The molecule has 8 nitrogen and oxygen atoms in total. The molecule has 1 aliphatic heterocycles. The van der Waals surface area contributed by atoms with Gasteiger partial charge in [-0.05, 0) is 6.92 Å². The average Bonchev–Trinajstić information content (AvgIpc) is 2.43. The molecule has 114 valence electrons. The third-order valence-corrected chi connectivity index (χ3v) is 3.08. The number of carboxylic acid groups (broad SMARTS) is 1. The molecule has 1 saturated heterocycles. The summed E-state index contributed by atoms with van der Waals surface area (Å²) < 4.78 is 5.31. The maximum Gasteiger partial charge on any atom is 0.320 e. The topological polar surface area (TPSA) is 99.2 Å². The zero-order chi connectivity index (χ0) is 15.1. The van der Waals surface area contributed by atoms with E-state index < -0.39 is 12.1 Å². The number of amides is 3. The van der Waals surface area contributed by atoms with Crippen molar-refractivity contribution < 1.29 is 24.2 Å². The zero-order valence-electron chi connectivity index (χ0n) is 11.8. The molecule has 0 aliphatic carbocycles. The number of likely N-dealkylation sites (N-methyl/N-ethyl adjacent to an activating group) is 2. The lowest BCUT2D eigenvalue weighted by atomic mass is 10.2. The summed E-state index contributed by atoms with van der Waals surface area (Å²) in [7, 11) is 1.51. The van der Waals surface area contributed by atoms with Crippen LogP contribution in [0.15, 0.2) is 0 Å². The first kappa shape index (κ1) is 16.2. The summed E-state index contributed by atoms with van der Waals surface area (Å²) in [6.07, 6.45) is -0.630. The lowest BCUT2D eigenvalue weighted by Gasteiger charge is -2.35. The van der Waals surface area contributed by atoms with Crippen molar-refractivity contribution in [2.75, 3.05) is 39.8 Å². The SMILES string of the molecule is CCN(CC(=O)NC)C(=O)N1CCOC(CC(=O)O)C1. The summed E-state index contributed by atoms with van der Waals surface area (Å²) in [4.78, 5) is 37.3. The molecule has 1 heterocycles. The standard InChI is InChI=1S/C12H21N3O5/c1-3-14(8-10(16)13-2)12(19)15-4-5-20-9(7-15)6-11(17)18/h9H,3-8H2,1-2H3,(H,13,16)(H,17,18). The average molecular weight is 287 g/mol. The fraction of sp³-hybridized carbons (Fsp3) is 0.750. The molecule has 3 amide bonds. The van der Waals surface area contributed by atoms with Gasteiger partial charge in [-0.25, -0.2) is 4.79 Å². The Balaban J connectivity index is 2.59. The number of rotatable bonds is 5. The Kier molecular flexibility index (Phi) is 6.23. The maximum atomic E-state index is 12.3. The van der Waals surface area contributed by atoms with Crippen LogP contribution in [0.5, 0.6) is 0 Å². The number of carbonyl (C=O) groups excluding carboxylic acids is 2. The molecule has 1 fully saturated rings. The van der Waals surface area contributed by atoms with Crippen LogP contribution in [0, 0.1) is 0 Å². The minimum atomic E-state index is -0.956. The summed E-state index contributed by atoms with van der Waals surface area (Å²) in [5, 5.41) is 11.2. The maximum absolute atomic E-state index is 12.3. The van der Waals surface area contributed by atoms with Crippen molar-refractivity contribution in [3.63, 3.8) is 0 Å². The smallest absolute Gasteiger partial charge is 0.320 e. The Labute approximate surface area is 117 Å². The highest BCUT2D eigenvalue weighted by molar-refractivity contribution is 5.84. The number of ether oxygens (including phenoxy) is 1. The molecule has 0 radical (unpaired) electrons. The number of carboxylic acids is 1. The fourth-order valence-electron chi connectivity index (χ4n) is 1.98. The second kappa shape index (κ2) is 7.68. The predicted octanol–water partition coefficient (Wildman–Crippen LogP) is -0.650. The van der Waals surface area contributed by atoms with Gasteiger partial charge in [0.05, 0.1) is 19.1 Å². The Morgan fingerprint density at radius 1 is 1.45 bits per heavy atom. The van der Waals surface area contributed by atoms with E-state index in [9.17, 15) is 14.4 Å². The number of nitrogens with zero attached hydrogens (tertiary/aromatic N) is 2. The number of hydrogen-bond acceptors (Lipinski definition) is 4. The minimum absolute atomic E-state index is 0.00716. The summed E-state index contributed by atoms with van der Waals surface area (Å²) in [6.45, 7) is 3.13. The highest BCUT2D eigenvalue weighted by Gasteiger charge is 2.28. The van der Waals surface area contributed by atoms with Gasteiger partial charge in [0.15, 0.2) is 0 Å². The summed E-state index contributed by atoms with van der Waals surface area (Å²) in [5.74, 6) is -1.20. The molecule has 2 N–H and O–H groups in total. The number of morpholine rings is 1. The van der Waals surface area contributed by atoms with E-state index in [1.165, 1.54) is 16.8 Å². The molecular weight excluding hydrogens is 266 g/mol. The summed E-state index contributed by atoms with van der Waals surface area (Å²) >= 11 is 0. The molecule has 0 aromatic carbocycles. The number of hydrogen-bond donors (Lipinski definition) is 2. The van der Waals surface area contributed by atoms with Gasteiger partial charge in [-0.1, -0.05) is 0 Å². The van der Waals surface area contributed by atoms with E-state index in [1.54, 1.807) is 6.92 Å². The van der Waals surface area contributed by atoms with E-state index in [4.69, 9.17) is 9.84 Å². The molecule has 0 aromatic rings. The van der Waals surface area contributed by atoms with Gasteiger partial charge in [-0.3, -0.25) is 9.59 Å². The van der Waals surface area contributed by atoms with Crippen molar-refractivity contribution in [2.24, 2.45) is 0 Å². The van der Waals surface area contributed by atoms with Gasteiger partial charge in [0.2, 0.25) is 5.91 Å². The van der Waals surface area contributed by atoms with Gasteiger partial charge in [0.25, 0.3) is 0 Å². The van der Waals surface area contributed by atoms with Crippen molar-refractivity contribution >= 4 is 17.9 Å². The van der Waals surface area contributed by atoms with Gasteiger partial charge >= 0.3 is 12.0 Å². The predicted molar refractivity (Wildman–Crippen MR) is 70.3 cm³/mol. The van der Waals surface area contributed by atoms with Gasteiger partial charge in [-0.2, -0.15) is 0 Å². The lowest BCUT2D eigenvalue weighted by molar-refractivity contribution is -0.141. The highest BCUT2D eigenvalue weighted by atomic mass is 16.5. The molecule has 1 unspecified atom stereocenters. The molecule has 0 bridgehead atoms. The monoisotopic (exact) mass is 287 g/mol. The number of nitrogens with one attached hydrogen (secondary N) is 1. The molecule has 0 spiro atoms. The fourth-order valence-corrected chi connectivity index (χ4v) is 1.98. The van der Waals surface area contributed by atoms with Crippen molar-refractivity contribution in [3.05, 3.63) is 0 Å². The van der Waals surface area contributed by atoms with Gasteiger partial charge in [-0.15, -0.1) is 0 Å². The third-order valence-electron chi connectivity index (χ3n) is 3.08. The van der Waals surface area contributed by atoms with E-state index in [2.05, 4.69) is 5.32 Å². The van der Waals surface area contributed by atoms with Crippen LogP contribution >= 0.6 is 0 Å². The largest absolute Gasteiger partial charge is 0.481 e. The van der Waals surface area contributed by atoms with Crippen molar-refractivity contribution in [1.29, 1.82) is 0 Å². The molecule has 8 heteroatoms. The van der Waals surface area contributed by atoms with Gasteiger partial charge in [0.1, 0.15) is 6.54 Å². The van der Waals surface area contributed by atoms with Crippen LogP contribution in [0.25, 0.3) is 0 Å². The van der Waals surface area contributed by atoms with E-state index >= 15 is 0 Å². The second-order valence-electron chi connectivity index (χ2n) is 4.51. The van der Waals surface area contributed by atoms with Crippen LogP contribution in [0.2, 0.25) is 0 Å². The van der Waals surface area contributed by atoms with Crippen LogP contribution in [0.4, 0.5) is 4.79 Å². The molecule has 1 rings (SSSR count). The number of aliphatic carboxylic acids is 1. The molecule has 1 aliphatic rings. The zero-order valence-corrected chi connectivity index (χ0v) is 11.8. The highest BCUT2D eigenvalue weighted by Crippen LogP contribution is 2.11. The number of urea groups is 1. The normalized spacial score (nSPS) is 18.5. The first-order valence-electron chi connectivity index (χ1n) is 6.55. The van der Waals surface area contributed by atoms with E-state index in [0.29, 0.717) is 19.7 Å². The molecular formula is C12H21N3O5. The Morgan fingerprint density at radius 3 is 2.70 bits per heavy atom. The van der Waals surface area contributed by atoms with E-state index in [1.807, 2.05) is 0 Å². The van der Waals surface area contributed by atoms with Gasteiger partial charge in [0, 0.05) is 26.7 Å².